The quantitative estimate of drug-likeness (QED) is 0.0391. The summed E-state index contributed by atoms with van der Waals surface area (Å²) in [4.78, 5) is 0. The van der Waals surface area contributed by atoms with Gasteiger partial charge in [0.15, 0.2) is 16.1 Å². The molecule has 2 heteroatoms. The van der Waals surface area contributed by atoms with Crippen molar-refractivity contribution in [3.8, 4) is 22.3 Å². The summed E-state index contributed by atoms with van der Waals surface area (Å²) in [5, 5.41) is 15.8. The number of benzene rings is 15. The molecule has 15 rings (SSSR count). The van der Waals surface area contributed by atoms with Crippen LogP contribution in [0.5, 0.6) is 0 Å². The Kier molecular flexibility index (Phi) is 16.0. The van der Waals surface area contributed by atoms with Crippen molar-refractivity contribution >= 4 is 102 Å². The first-order valence-electron chi connectivity index (χ1n) is 31.9. The number of fused-ring (bicyclic) bond motifs is 2. The zero-order valence-electron chi connectivity index (χ0n) is 51.1. The van der Waals surface area contributed by atoms with Crippen molar-refractivity contribution in [3.05, 3.63) is 422 Å². The van der Waals surface area contributed by atoms with Crippen molar-refractivity contribution in [3.63, 3.8) is 0 Å². The molecule has 434 valence electrons. The Morgan fingerprint density at radius 2 is 0.359 bits per heavy atom. The minimum absolute atomic E-state index is 1.16. The molecule has 0 radical (unpaired) electrons. The van der Waals surface area contributed by atoms with Gasteiger partial charge in [-0.2, -0.15) is 0 Å². The van der Waals surface area contributed by atoms with E-state index in [9.17, 15) is 0 Å². The minimum Gasteiger partial charge on any atom is -0.0623 e. The second kappa shape index (κ2) is 25.7. The van der Waals surface area contributed by atoms with E-state index < -0.39 is 16.1 Å². The first kappa shape index (κ1) is 57.2. The zero-order chi connectivity index (χ0) is 61.5. The smallest absolute Gasteiger partial charge is 0.0623 e. The van der Waals surface area contributed by atoms with Gasteiger partial charge in [-0.05, 0) is 142 Å². The summed E-state index contributed by atoms with van der Waals surface area (Å²) in [5.41, 5.74) is 14.2. The Bertz CT molecular complexity index is 4460. The van der Waals surface area contributed by atoms with Crippen LogP contribution in [0.4, 0.5) is 0 Å². The van der Waals surface area contributed by atoms with Gasteiger partial charge in [0, 0.05) is 0 Å². The van der Waals surface area contributed by atoms with Crippen molar-refractivity contribution in [1.29, 1.82) is 0 Å². The summed E-state index contributed by atoms with van der Waals surface area (Å²) in [6.45, 7) is 0. The lowest BCUT2D eigenvalue weighted by Gasteiger charge is -2.34. The highest BCUT2D eigenvalue weighted by atomic mass is 28.3. The monoisotopic (exact) mass is 1200 g/mol. The molecule has 0 saturated carbocycles. The van der Waals surface area contributed by atoms with Crippen LogP contribution in [0.3, 0.4) is 0 Å². The molecule has 92 heavy (non-hydrogen) atoms. The van der Waals surface area contributed by atoms with E-state index in [2.05, 4.69) is 400 Å². The van der Waals surface area contributed by atoms with E-state index >= 15 is 0 Å². The van der Waals surface area contributed by atoms with E-state index in [0.717, 1.165) is 22.3 Å². The van der Waals surface area contributed by atoms with Gasteiger partial charge < -0.3 is 0 Å². The van der Waals surface area contributed by atoms with Crippen LogP contribution in [0.15, 0.2) is 388 Å². The lowest BCUT2D eigenvalue weighted by Crippen LogP contribution is -2.74. The molecule has 0 nitrogen and oxygen atoms in total. The first-order chi connectivity index (χ1) is 45.6. The van der Waals surface area contributed by atoms with Gasteiger partial charge in [-0.25, -0.2) is 0 Å². The van der Waals surface area contributed by atoms with E-state index in [1.807, 2.05) is 0 Å². The van der Waals surface area contributed by atoms with Gasteiger partial charge in [0.2, 0.25) is 0 Å². The van der Waals surface area contributed by atoms with Gasteiger partial charge in [0.25, 0.3) is 0 Å². The minimum atomic E-state index is -2.71. The van der Waals surface area contributed by atoms with Crippen LogP contribution >= 0.6 is 0 Å². The van der Waals surface area contributed by atoms with Gasteiger partial charge in [-0.3, -0.25) is 0 Å². The molecule has 0 atom stereocenters. The molecule has 0 spiro atoms. The molecule has 0 bridgehead atoms. The fourth-order valence-electron chi connectivity index (χ4n) is 14.4. The van der Waals surface area contributed by atoms with E-state index in [-0.39, 0.29) is 0 Å². The van der Waals surface area contributed by atoms with Crippen LogP contribution in [0.1, 0.15) is 33.4 Å². The van der Waals surface area contributed by atoms with Crippen molar-refractivity contribution < 1.29 is 0 Å². The molecule has 0 N–H and O–H groups in total. The SMILES string of the molecule is C(=C(\c1ccc(-c2c3ccccc3c(-c3ccc(/C(=C/c4ccccc4)c4ccc([Si](c5ccccc5)(c5ccccc5)c5ccccc5)cc4)cc3)c3ccccc23)cc1)c1ccc([Si](c2ccccc2)(c2ccccc2)c2ccccc2)cc1)/c1ccccc1. The summed E-state index contributed by atoms with van der Waals surface area (Å²) in [6, 6.07) is 144. The maximum atomic E-state index is 2.41. The largest absolute Gasteiger partial charge is 0.179 e. The second-order valence-electron chi connectivity index (χ2n) is 23.8. The average Bonchev–Trinajstić information content (AvgIpc) is 0.828. The normalized spacial score (nSPS) is 12.0. The topological polar surface area (TPSA) is 0 Å². The van der Waals surface area contributed by atoms with Gasteiger partial charge in [-0.1, -0.05) is 388 Å². The molecular weight excluding hydrogens is 1140 g/mol. The molecule has 0 aliphatic carbocycles. The van der Waals surface area contributed by atoms with Crippen LogP contribution < -0.4 is 41.5 Å². The third kappa shape index (κ3) is 10.7. The third-order valence-electron chi connectivity index (χ3n) is 18.6. The highest BCUT2D eigenvalue weighted by molar-refractivity contribution is 7.20. The molecule has 0 aliphatic heterocycles. The molecule has 0 fully saturated rings. The van der Waals surface area contributed by atoms with Crippen LogP contribution in [-0.4, -0.2) is 16.1 Å². The molecule has 15 aromatic carbocycles. The van der Waals surface area contributed by atoms with Gasteiger partial charge in [0.05, 0.1) is 0 Å². The Balaban J connectivity index is 0.802. The van der Waals surface area contributed by atoms with E-state index in [0.29, 0.717) is 0 Å². The lowest BCUT2D eigenvalue weighted by molar-refractivity contribution is 1.55. The fraction of sp³-hybridized carbons (Fsp3) is 0. The standard InChI is InChI=1S/C90H66Si2/c1-9-29-67(30-10-1)65-87(71-57-61-81(62-58-71)91(75-33-13-3-14-34-75,76-35-15-4-16-36-76)77-37-17-5-18-38-77)69-49-53-73(54-50-69)89-83-45-25-27-47-85(83)90(86-48-28-26-46-84(86)89)74-55-51-70(52-56-74)88(66-68-31-11-2-12-32-68)72-59-63-82(64-60-72)92(78-39-19-6-20-40-78,79-41-21-7-22-42-79)80-43-23-8-24-44-80/h1-66H/b87-65-,88-66-. The molecule has 0 amide bonds. The fourth-order valence-corrected chi connectivity index (χ4v) is 23.9. The molecule has 0 saturated heterocycles. The van der Waals surface area contributed by atoms with E-state index in [4.69, 9.17) is 0 Å². The predicted molar refractivity (Wildman–Crippen MR) is 399 cm³/mol. The molecule has 0 heterocycles. The summed E-state index contributed by atoms with van der Waals surface area (Å²) in [5.74, 6) is 0. The number of hydrogen-bond donors (Lipinski definition) is 0. The maximum absolute atomic E-state index is 2.71. The van der Waals surface area contributed by atoms with Gasteiger partial charge in [0.1, 0.15) is 0 Å². The highest BCUT2D eigenvalue weighted by Crippen LogP contribution is 2.44. The van der Waals surface area contributed by atoms with Crippen molar-refractivity contribution in [2.75, 3.05) is 0 Å². The van der Waals surface area contributed by atoms with Crippen molar-refractivity contribution in [2.45, 2.75) is 0 Å². The highest BCUT2D eigenvalue weighted by Gasteiger charge is 2.42. The second-order valence-corrected chi connectivity index (χ2v) is 31.4. The maximum Gasteiger partial charge on any atom is 0.179 e. The summed E-state index contributed by atoms with van der Waals surface area (Å²) < 4.78 is 0. The summed E-state index contributed by atoms with van der Waals surface area (Å²) >= 11 is 0. The Labute approximate surface area is 542 Å². The number of rotatable bonds is 16. The summed E-state index contributed by atoms with van der Waals surface area (Å²) in [7, 11) is -5.43. The van der Waals surface area contributed by atoms with Crippen molar-refractivity contribution in [2.24, 2.45) is 0 Å². The first-order valence-corrected chi connectivity index (χ1v) is 35.9. The summed E-state index contributed by atoms with van der Waals surface area (Å²) in [6.07, 6.45) is 4.69. The number of hydrogen-bond acceptors (Lipinski definition) is 0. The van der Waals surface area contributed by atoms with E-state index in [1.165, 1.54) is 108 Å². The lowest BCUT2D eigenvalue weighted by atomic mass is 9.85. The van der Waals surface area contributed by atoms with Crippen molar-refractivity contribution in [1.82, 2.24) is 0 Å². The molecular formula is C90H66Si2. The van der Waals surface area contributed by atoms with Crippen LogP contribution in [0.2, 0.25) is 0 Å². The Morgan fingerprint density at radius 3 is 0.587 bits per heavy atom. The van der Waals surface area contributed by atoms with Gasteiger partial charge in [-0.15, -0.1) is 0 Å². The third-order valence-corrected chi connectivity index (χ3v) is 28.2. The van der Waals surface area contributed by atoms with Crippen LogP contribution in [0.25, 0.3) is 67.1 Å². The molecule has 0 aromatic heterocycles. The van der Waals surface area contributed by atoms with E-state index in [1.54, 1.807) is 0 Å². The molecule has 0 aliphatic rings. The van der Waals surface area contributed by atoms with Crippen LogP contribution in [0, 0.1) is 0 Å². The van der Waals surface area contributed by atoms with Crippen LogP contribution in [-0.2, 0) is 0 Å². The molecule has 15 aromatic rings. The molecule has 0 unspecified atom stereocenters. The Hall–Kier alpha value is -11.3. The average molecular weight is 1200 g/mol. The van der Waals surface area contributed by atoms with Gasteiger partial charge >= 0.3 is 0 Å². The zero-order valence-corrected chi connectivity index (χ0v) is 53.1. The predicted octanol–water partition coefficient (Wildman–Crippen LogP) is 17.3. The Morgan fingerprint density at radius 1 is 0.174 bits per heavy atom.